The molecule has 7 nitrogen and oxygen atoms in total. The molecule has 1 aliphatic rings. The van der Waals surface area contributed by atoms with Gasteiger partial charge in [0.25, 0.3) is 11.8 Å². The molecular weight excluding hydrogens is 459 g/mol. The van der Waals surface area contributed by atoms with Crippen molar-refractivity contribution in [3.8, 4) is 11.3 Å². The minimum atomic E-state index is -1.19. The second kappa shape index (κ2) is 8.37. The fraction of sp³-hybridized carbons (Fsp3) is 0. The molecule has 1 aromatic heterocycles. The number of rotatable bonds is 4. The van der Waals surface area contributed by atoms with Crippen LogP contribution in [0.2, 0.25) is 5.02 Å². The highest BCUT2D eigenvalue weighted by molar-refractivity contribution is 7.80. The van der Waals surface area contributed by atoms with E-state index >= 15 is 0 Å². The van der Waals surface area contributed by atoms with Crippen molar-refractivity contribution in [3.63, 3.8) is 0 Å². The van der Waals surface area contributed by atoms with E-state index in [2.05, 4.69) is 5.32 Å². The number of halogens is 2. The van der Waals surface area contributed by atoms with Crippen LogP contribution in [0.15, 0.2) is 64.6 Å². The second-order valence-corrected chi connectivity index (χ2v) is 7.43. The van der Waals surface area contributed by atoms with Crippen LogP contribution in [-0.4, -0.2) is 28.0 Å². The van der Waals surface area contributed by atoms with Crippen LogP contribution in [0.3, 0.4) is 0 Å². The van der Waals surface area contributed by atoms with Gasteiger partial charge in [-0.05, 0) is 72.9 Å². The van der Waals surface area contributed by atoms with Gasteiger partial charge in [-0.2, -0.15) is 0 Å². The number of furan rings is 1. The van der Waals surface area contributed by atoms with Gasteiger partial charge in [0, 0.05) is 5.56 Å². The van der Waals surface area contributed by atoms with E-state index in [1.807, 2.05) is 0 Å². The molecule has 3 aromatic rings. The molecule has 160 valence electrons. The number of nitrogens with zero attached hydrogens (tertiary/aromatic N) is 1. The number of carbonyl (C=O) groups excluding carboxylic acids is 2. The van der Waals surface area contributed by atoms with Crippen molar-refractivity contribution in [2.24, 2.45) is 0 Å². The van der Waals surface area contributed by atoms with Crippen LogP contribution in [0.25, 0.3) is 17.4 Å². The highest BCUT2D eigenvalue weighted by atomic mass is 35.5. The summed E-state index contributed by atoms with van der Waals surface area (Å²) < 4.78 is 18.9. The third kappa shape index (κ3) is 4.03. The smallest absolute Gasteiger partial charge is 0.337 e. The number of thiocarbonyl (C=S) groups is 1. The van der Waals surface area contributed by atoms with Crippen LogP contribution in [0.1, 0.15) is 16.1 Å². The zero-order chi connectivity index (χ0) is 23.0. The second-order valence-electron chi connectivity index (χ2n) is 6.64. The first kappa shape index (κ1) is 21.4. The van der Waals surface area contributed by atoms with Gasteiger partial charge >= 0.3 is 5.97 Å². The Morgan fingerprint density at radius 2 is 1.84 bits per heavy atom. The van der Waals surface area contributed by atoms with E-state index in [1.54, 1.807) is 12.1 Å². The van der Waals surface area contributed by atoms with Gasteiger partial charge in [-0.1, -0.05) is 11.6 Å². The highest BCUT2D eigenvalue weighted by Gasteiger charge is 2.34. The maximum atomic E-state index is 13.2. The van der Waals surface area contributed by atoms with E-state index in [0.717, 1.165) is 4.90 Å². The number of hydrogen-bond donors (Lipinski definition) is 2. The summed E-state index contributed by atoms with van der Waals surface area (Å²) in [6.45, 7) is 0. The Balaban J connectivity index is 1.67. The normalized spacial score (nSPS) is 15.2. The predicted octanol–water partition coefficient (Wildman–Crippen LogP) is 4.27. The number of carboxylic acid groups (broad SMARTS) is 1. The molecule has 0 aliphatic carbocycles. The SMILES string of the molecule is O=C1NC(=S)N(c2ccc(F)cc2)C(=O)/C1=C/c1ccc(-c2ccc(Cl)c(C(=O)O)c2)o1. The number of benzene rings is 2. The van der Waals surface area contributed by atoms with E-state index in [1.165, 1.54) is 48.5 Å². The number of amides is 2. The first-order valence-corrected chi connectivity index (χ1v) is 9.83. The van der Waals surface area contributed by atoms with Crippen molar-refractivity contribution < 1.29 is 28.3 Å². The summed E-state index contributed by atoms with van der Waals surface area (Å²) in [6.07, 6.45) is 1.24. The molecule has 0 unspecified atom stereocenters. The van der Waals surface area contributed by atoms with Gasteiger partial charge in [-0.3, -0.25) is 19.8 Å². The fourth-order valence-corrected chi connectivity index (χ4v) is 3.53. The zero-order valence-electron chi connectivity index (χ0n) is 16.0. The minimum absolute atomic E-state index is 0.0801. The molecule has 1 aliphatic heterocycles. The van der Waals surface area contributed by atoms with Gasteiger partial charge in [-0.15, -0.1) is 0 Å². The van der Waals surface area contributed by atoms with E-state index < -0.39 is 23.6 Å². The first-order valence-electron chi connectivity index (χ1n) is 9.04. The topological polar surface area (TPSA) is 99.9 Å². The Morgan fingerprint density at radius 1 is 1.12 bits per heavy atom. The van der Waals surface area contributed by atoms with E-state index in [-0.39, 0.29) is 32.7 Å². The molecular formula is C22H12ClFN2O5S. The summed E-state index contributed by atoms with van der Waals surface area (Å²) in [5.41, 5.74) is 0.400. The summed E-state index contributed by atoms with van der Waals surface area (Å²) in [5.74, 6) is -2.60. The summed E-state index contributed by atoms with van der Waals surface area (Å²) in [5, 5.41) is 11.6. The number of aromatic carboxylic acids is 1. The lowest BCUT2D eigenvalue weighted by atomic mass is 10.1. The fourth-order valence-electron chi connectivity index (χ4n) is 3.05. The molecule has 0 bridgehead atoms. The van der Waals surface area contributed by atoms with Crippen LogP contribution < -0.4 is 10.2 Å². The summed E-state index contributed by atoms with van der Waals surface area (Å²) in [7, 11) is 0. The summed E-state index contributed by atoms with van der Waals surface area (Å²) >= 11 is 11.0. The van der Waals surface area contributed by atoms with Gasteiger partial charge in [0.1, 0.15) is 22.9 Å². The Kier molecular flexibility index (Phi) is 5.60. The Morgan fingerprint density at radius 3 is 2.53 bits per heavy atom. The molecule has 2 aromatic carbocycles. The minimum Gasteiger partial charge on any atom is -0.478 e. The van der Waals surface area contributed by atoms with Crippen molar-refractivity contribution in [2.45, 2.75) is 0 Å². The maximum absolute atomic E-state index is 13.2. The molecule has 32 heavy (non-hydrogen) atoms. The van der Waals surface area contributed by atoms with E-state index in [4.69, 9.17) is 28.2 Å². The number of anilines is 1. The van der Waals surface area contributed by atoms with Gasteiger partial charge < -0.3 is 9.52 Å². The standard InChI is InChI=1S/C22H12ClFN2O5S/c23-17-7-1-11(9-15(17)21(29)30)18-8-6-14(31-18)10-16-19(27)25-22(32)26(20(16)28)13-4-2-12(24)3-5-13/h1-10H,(H,29,30)(H,25,27,32)/b16-10+. The van der Waals surface area contributed by atoms with E-state index in [0.29, 0.717) is 11.3 Å². The number of nitrogens with one attached hydrogen (secondary N) is 1. The molecule has 0 atom stereocenters. The molecule has 4 rings (SSSR count). The first-order chi connectivity index (χ1) is 15.2. The van der Waals surface area contributed by atoms with Gasteiger partial charge in [-0.25, -0.2) is 9.18 Å². The van der Waals surface area contributed by atoms with Crippen LogP contribution in [0, 0.1) is 5.82 Å². The van der Waals surface area contributed by atoms with Crippen molar-refractivity contribution in [3.05, 3.63) is 82.3 Å². The molecule has 1 fully saturated rings. The number of hydrogen-bond acceptors (Lipinski definition) is 5. The highest BCUT2D eigenvalue weighted by Crippen LogP contribution is 2.28. The maximum Gasteiger partial charge on any atom is 0.337 e. The average molecular weight is 471 g/mol. The van der Waals surface area contributed by atoms with Crippen molar-refractivity contribution >= 4 is 58.5 Å². The van der Waals surface area contributed by atoms with Crippen LogP contribution >= 0.6 is 23.8 Å². The third-order valence-corrected chi connectivity index (χ3v) is 5.20. The summed E-state index contributed by atoms with van der Waals surface area (Å²) in [4.78, 5) is 37.7. The predicted molar refractivity (Wildman–Crippen MR) is 119 cm³/mol. The quantitative estimate of drug-likeness (QED) is 0.335. The molecule has 2 N–H and O–H groups in total. The molecule has 10 heteroatoms. The third-order valence-electron chi connectivity index (χ3n) is 4.58. The Hall–Kier alpha value is -3.82. The average Bonchev–Trinajstić information content (AvgIpc) is 3.21. The monoisotopic (exact) mass is 470 g/mol. The summed E-state index contributed by atoms with van der Waals surface area (Å²) in [6, 6.07) is 12.5. The molecule has 0 radical (unpaired) electrons. The molecule has 2 amide bonds. The lowest BCUT2D eigenvalue weighted by Crippen LogP contribution is -2.54. The van der Waals surface area contributed by atoms with Crippen molar-refractivity contribution in [1.29, 1.82) is 0 Å². The zero-order valence-corrected chi connectivity index (χ0v) is 17.5. The molecule has 0 saturated carbocycles. The van der Waals surface area contributed by atoms with Crippen LogP contribution in [0.5, 0.6) is 0 Å². The van der Waals surface area contributed by atoms with Gasteiger partial charge in [0.05, 0.1) is 16.3 Å². The van der Waals surface area contributed by atoms with Gasteiger partial charge in [0.2, 0.25) is 0 Å². The van der Waals surface area contributed by atoms with Crippen LogP contribution in [-0.2, 0) is 9.59 Å². The Labute approximate surface area is 190 Å². The Bertz CT molecular complexity index is 1320. The van der Waals surface area contributed by atoms with E-state index in [9.17, 15) is 23.9 Å². The van der Waals surface area contributed by atoms with Gasteiger partial charge in [0.15, 0.2) is 5.11 Å². The van der Waals surface area contributed by atoms with Crippen molar-refractivity contribution in [1.82, 2.24) is 5.32 Å². The van der Waals surface area contributed by atoms with Crippen molar-refractivity contribution in [2.75, 3.05) is 4.90 Å². The van der Waals surface area contributed by atoms with Crippen LogP contribution in [0.4, 0.5) is 10.1 Å². The lowest BCUT2D eigenvalue weighted by Gasteiger charge is -2.28. The number of carboxylic acids is 1. The number of carbonyl (C=O) groups is 3. The molecule has 1 saturated heterocycles. The largest absolute Gasteiger partial charge is 0.478 e. The molecule has 2 heterocycles. The lowest BCUT2D eigenvalue weighted by molar-refractivity contribution is -0.122. The molecule has 0 spiro atoms.